The molecule has 88 valence electrons. The van der Waals surface area contributed by atoms with E-state index in [1.807, 2.05) is 35.9 Å². The molecule has 0 bridgehead atoms. The fraction of sp³-hybridized carbons (Fsp3) is 0.636. The first kappa shape index (κ1) is 12.2. The van der Waals surface area contributed by atoms with Gasteiger partial charge in [0.25, 0.3) is 0 Å². The van der Waals surface area contributed by atoms with Crippen LogP contribution in [0.1, 0.15) is 30.5 Å². The standard InChI is InChI=1S/C11H17N3S2/c1-7-8(2)16-10(6-15-7)11-13-4-9(3-12)5-14-11/h4-5,7-8,10H,3,6,12H2,1-2H3. The van der Waals surface area contributed by atoms with Gasteiger partial charge in [0.1, 0.15) is 5.82 Å². The van der Waals surface area contributed by atoms with Crippen molar-refractivity contribution in [2.45, 2.75) is 36.1 Å². The Morgan fingerprint density at radius 3 is 2.56 bits per heavy atom. The van der Waals surface area contributed by atoms with Crippen LogP contribution in [0.25, 0.3) is 0 Å². The number of thioether (sulfide) groups is 2. The molecule has 2 rings (SSSR count). The van der Waals surface area contributed by atoms with Crippen molar-refractivity contribution < 1.29 is 0 Å². The summed E-state index contributed by atoms with van der Waals surface area (Å²) in [4.78, 5) is 8.81. The zero-order valence-electron chi connectivity index (χ0n) is 9.59. The summed E-state index contributed by atoms with van der Waals surface area (Å²) in [6, 6.07) is 0. The van der Waals surface area contributed by atoms with Crippen LogP contribution >= 0.6 is 23.5 Å². The zero-order valence-corrected chi connectivity index (χ0v) is 11.2. The molecule has 2 heterocycles. The lowest BCUT2D eigenvalue weighted by atomic mass is 10.3. The van der Waals surface area contributed by atoms with Gasteiger partial charge in [-0.1, -0.05) is 13.8 Å². The highest BCUT2D eigenvalue weighted by Gasteiger charge is 2.28. The monoisotopic (exact) mass is 255 g/mol. The molecule has 2 N–H and O–H groups in total. The van der Waals surface area contributed by atoms with E-state index < -0.39 is 0 Å². The van der Waals surface area contributed by atoms with Crippen LogP contribution in [0.2, 0.25) is 0 Å². The lowest BCUT2D eigenvalue weighted by Gasteiger charge is -2.30. The third-order valence-corrected chi connectivity index (χ3v) is 6.19. The van der Waals surface area contributed by atoms with Crippen LogP contribution in [0, 0.1) is 0 Å². The predicted molar refractivity (Wildman–Crippen MR) is 71.6 cm³/mol. The van der Waals surface area contributed by atoms with E-state index in [0.717, 1.165) is 22.4 Å². The maximum Gasteiger partial charge on any atom is 0.142 e. The van der Waals surface area contributed by atoms with Gasteiger partial charge in [-0.2, -0.15) is 11.8 Å². The maximum atomic E-state index is 5.53. The molecule has 0 spiro atoms. The summed E-state index contributed by atoms with van der Waals surface area (Å²) in [7, 11) is 0. The van der Waals surface area contributed by atoms with Crippen LogP contribution in [-0.2, 0) is 6.54 Å². The van der Waals surface area contributed by atoms with Gasteiger partial charge in [-0.25, -0.2) is 9.97 Å². The first-order chi connectivity index (χ1) is 7.70. The summed E-state index contributed by atoms with van der Waals surface area (Å²) in [5, 5.41) is 1.83. The SMILES string of the molecule is CC1SCC(c2ncc(CN)cn2)SC1C. The minimum atomic E-state index is 0.433. The zero-order chi connectivity index (χ0) is 11.5. The van der Waals surface area contributed by atoms with Crippen molar-refractivity contribution in [1.29, 1.82) is 0 Å². The molecule has 0 saturated carbocycles. The highest BCUT2D eigenvalue weighted by atomic mass is 32.2. The fourth-order valence-electron chi connectivity index (χ4n) is 1.56. The summed E-state index contributed by atoms with van der Waals surface area (Å²) in [5.41, 5.74) is 6.53. The Kier molecular flexibility index (Phi) is 4.10. The normalized spacial score (nSPS) is 30.3. The van der Waals surface area contributed by atoms with E-state index in [4.69, 9.17) is 5.73 Å². The van der Waals surface area contributed by atoms with E-state index in [0.29, 0.717) is 17.0 Å². The smallest absolute Gasteiger partial charge is 0.142 e. The van der Waals surface area contributed by atoms with Crippen molar-refractivity contribution in [3.8, 4) is 0 Å². The number of aromatic nitrogens is 2. The highest BCUT2D eigenvalue weighted by Crippen LogP contribution is 2.42. The first-order valence-corrected chi connectivity index (χ1v) is 7.48. The van der Waals surface area contributed by atoms with Crippen LogP contribution in [-0.4, -0.2) is 26.2 Å². The Morgan fingerprint density at radius 2 is 2.00 bits per heavy atom. The second-order valence-corrected chi connectivity index (χ2v) is 7.02. The summed E-state index contributed by atoms with van der Waals surface area (Å²) in [6.07, 6.45) is 3.69. The van der Waals surface area contributed by atoms with Crippen LogP contribution in [0.3, 0.4) is 0 Å². The summed E-state index contributed by atoms with van der Waals surface area (Å²) < 4.78 is 0. The van der Waals surface area contributed by atoms with E-state index in [1.54, 1.807) is 0 Å². The average Bonchev–Trinajstić information content (AvgIpc) is 2.33. The largest absolute Gasteiger partial charge is 0.326 e. The molecule has 5 heteroatoms. The molecule has 3 nitrogen and oxygen atoms in total. The molecule has 1 aliphatic heterocycles. The van der Waals surface area contributed by atoms with Gasteiger partial charge in [0, 0.05) is 40.8 Å². The molecule has 1 fully saturated rings. The molecule has 1 saturated heterocycles. The minimum Gasteiger partial charge on any atom is -0.326 e. The van der Waals surface area contributed by atoms with Crippen molar-refractivity contribution in [2.24, 2.45) is 5.73 Å². The van der Waals surface area contributed by atoms with Crippen molar-refractivity contribution in [3.05, 3.63) is 23.8 Å². The maximum absolute atomic E-state index is 5.53. The van der Waals surface area contributed by atoms with Gasteiger partial charge in [0.05, 0.1) is 5.25 Å². The van der Waals surface area contributed by atoms with Gasteiger partial charge in [-0.3, -0.25) is 0 Å². The quantitative estimate of drug-likeness (QED) is 0.878. The van der Waals surface area contributed by atoms with Gasteiger partial charge >= 0.3 is 0 Å². The van der Waals surface area contributed by atoms with Gasteiger partial charge < -0.3 is 5.73 Å². The van der Waals surface area contributed by atoms with Gasteiger partial charge in [-0.15, -0.1) is 11.8 Å². The van der Waals surface area contributed by atoms with Crippen molar-refractivity contribution in [2.75, 3.05) is 5.75 Å². The van der Waals surface area contributed by atoms with Crippen LogP contribution in [0.15, 0.2) is 12.4 Å². The molecule has 0 aliphatic carbocycles. The first-order valence-electron chi connectivity index (χ1n) is 5.48. The van der Waals surface area contributed by atoms with E-state index in [9.17, 15) is 0 Å². The highest BCUT2D eigenvalue weighted by molar-refractivity contribution is 8.07. The third-order valence-electron chi connectivity index (χ3n) is 2.80. The molecule has 1 aromatic rings. The molecule has 0 radical (unpaired) electrons. The Morgan fingerprint density at radius 1 is 1.31 bits per heavy atom. The van der Waals surface area contributed by atoms with Gasteiger partial charge in [0.2, 0.25) is 0 Å². The number of nitrogens with two attached hydrogens (primary N) is 1. The van der Waals surface area contributed by atoms with Crippen molar-refractivity contribution in [3.63, 3.8) is 0 Å². The van der Waals surface area contributed by atoms with E-state index in [2.05, 4.69) is 23.8 Å². The Bertz CT molecular complexity index is 342. The topological polar surface area (TPSA) is 51.8 Å². The predicted octanol–water partition coefficient (Wildman–Crippen LogP) is 2.23. The second kappa shape index (κ2) is 5.38. The van der Waals surface area contributed by atoms with E-state index in [1.165, 1.54) is 0 Å². The molecule has 1 aromatic heterocycles. The minimum absolute atomic E-state index is 0.433. The molecule has 0 amide bonds. The molecule has 16 heavy (non-hydrogen) atoms. The van der Waals surface area contributed by atoms with Crippen LogP contribution in [0.5, 0.6) is 0 Å². The number of hydrogen-bond donors (Lipinski definition) is 1. The van der Waals surface area contributed by atoms with Crippen LogP contribution in [0.4, 0.5) is 0 Å². The van der Waals surface area contributed by atoms with Gasteiger partial charge in [0.15, 0.2) is 0 Å². The van der Waals surface area contributed by atoms with E-state index in [-0.39, 0.29) is 0 Å². The third kappa shape index (κ3) is 2.70. The molecular formula is C11H17N3S2. The average molecular weight is 255 g/mol. The summed E-state index contributed by atoms with van der Waals surface area (Å²) >= 11 is 4.00. The van der Waals surface area contributed by atoms with Crippen molar-refractivity contribution in [1.82, 2.24) is 9.97 Å². The van der Waals surface area contributed by atoms with Crippen LogP contribution < -0.4 is 5.73 Å². The fourth-order valence-corrected chi connectivity index (χ4v) is 4.42. The molecule has 0 aromatic carbocycles. The Labute approximate surface area is 105 Å². The second-order valence-electron chi connectivity index (χ2n) is 4.02. The number of rotatable bonds is 2. The Hall–Kier alpha value is -0.260. The summed E-state index contributed by atoms with van der Waals surface area (Å²) in [6.45, 7) is 5.08. The summed E-state index contributed by atoms with van der Waals surface area (Å²) in [5.74, 6) is 2.06. The number of nitrogens with zero attached hydrogens (tertiary/aromatic N) is 2. The molecule has 3 atom stereocenters. The molecule has 3 unspecified atom stereocenters. The van der Waals surface area contributed by atoms with E-state index >= 15 is 0 Å². The number of hydrogen-bond acceptors (Lipinski definition) is 5. The van der Waals surface area contributed by atoms with Gasteiger partial charge in [-0.05, 0) is 0 Å². The Balaban J connectivity index is 2.06. The molecule has 1 aliphatic rings. The molecular weight excluding hydrogens is 238 g/mol. The lowest BCUT2D eigenvalue weighted by Crippen LogP contribution is -2.23. The lowest BCUT2D eigenvalue weighted by molar-refractivity contribution is 0.850. The van der Waals surface area contributed by atoms with Crippen molar-refractivity contribution >= 4 is 23.5 Å².